The molecule has 2 rings (SSSR count). The summed E-state index contributed by atoms with van der Waals surface area (Å²) in [6, 6.07) is 7.54. The van der Waals surface area contributed by atoms with Crippen molar-refractivity contribution < 1.29 is 4.79 Å². The summed E-state index contributed by atoms with van der Waals surface area (Å²) in [4.78, 5) is 13.3. The van der Waals surface area contributed by atoms with Crippen LogP contribution < -0.4 is 0 Å². The predicted octanol–water partition coefficient (Wildman–Crippen LogP) is 2.55. The van der Waals surface area contributed by atoms with Crippen molar-refractivity contribution in [2.24, 2.45) is 0 Å². The van der Waals surface area contributed by atoms with Gasteiger partial charge in [-0.25, -0.2) is 0 Å². The predicted molar refractivity (Wildman–Crippen MR) is 67.2 cm³/mol. The van der Waals surface area contributed by atoms with E-state index in [1.165, 1.54) is 0 Å². The fourth-order valence-electron chi connectivity index (χ4n) is 1.66. The minimum atomic E-state index is 0.00208. The largest absolute Gasteiger partial charge is 0.315 e. The van der Waals surface area contributed by atoms with Crippen molar-refractivity contribution in [1.82, 2.24) is 4.90 Å². The maximum absolute atomic E-state index is 11.6. The SMILES string of the molecule is C#CCN1C(=O)CSC1c1cccc(Cl)c1. The number of halogens is 1. The molecule has 1 atom stereocenters. The van der Waals surface area contributed by atoms with Gasteiger partial charge >= 0.3 is 0 Å². The molecule has 0 saturated carbocycles. The average molecular weight is 252 g/mol. The third-order valence-corrected chi connectivity index (χ3v) is 3.85. The van der Waals surface area contributed by atoms with Crippen LogP contribution >= 0.6 is 23.4 Å². The first kappa shape index (κ1) is 11.4. The van der Waals surface area contributed by atoms with Crippen molar-refractivity contribution in [3.63, 3.8) is 0 Å². The summed E-state index contributed by atoms with van der Waals surface area (Å²) in [6.45, 7) is 0.350. The van der Waals surface area contributed by atoms with Crippen LogP contribution in [0.1, 0.15) is 10.9 Å². The second kappa shape index (κ2) is 4.82. The number of amides is 1. The zero-order chi connectivity index (χ0) is 11.5. The molecule has 1 aliphatic rings. The molecule has 0 aliphatic carbocycles. The van der Waals surface area contributed by atoms with Gasteiger partial charge in [-0.1, -0.05) is 29.7 Å². The summed E-state index contributed by atoms with van der Waals surface area (Å²) in [6.07, 6.45) is 5.26. The van der Waals surface area contributed by atoms with Crippen molar-refractivity contribution in [1.29, 1.82) is 0 Å². The molecule has 82 valence electrons. The highest BCUT2D eigenvalue weighted by Crippen LogP contribution is 2.38. The molecule has 1 saturated heterocycles. The van der Waals surface area contributed by atoms with Gasteiger partial charge < -0.3 is 4.90 Å². The number of terminal acetylenes is 1. The van der Waals surface area contributed by atoms with Gasteiger partial charge in [-0.2, -0.15) is 0 Å². The van der Waals surface area contributed by atoms with E-state index in [1.54, 1.807) is 16.7 Å². The molecule has 16 heavy (non-hydrogen) atoms. The molecule has 1 fully saturated rings. The van der Waals surface area contributed by atoms with Gasteiger partial charge in [0.2, 0.25) is 5.91 Å². The Morgan fingerprint density at radius 1 is 1.62 bits per heavy atom. The smallest absolute Gasteiger partial charge is 0.234 e. The maximum Gasteiger partial charge on any atom is 0.234 e. The van der Waals surface area contributed by atoms with Crippen LogP contribution in [0.25, 0.3) is 0 Å². The molecule has 0 spiro atoms. The molecular formula is C12H10ClNOS. The Morgan fingerprint density at radius 3 is 3.12 bits per heavy atom. The molecule has 0 radical (unpaired) electrons. The van der Waals surface area contributed by atoms with Crippen LogP contribution in [-0.4, -0.2) is 23.1 Å². The fourth-order valence-corrected chi connectivity index (χ4v) is 3.04. The molecule has 1 aromatic rings. The molecule has 0 N–H and O–H groups in total. The van der Waals surface area contributed by atoms with Crippen LogP contribution in [-0.2, 0) is 4.79 Å². The van der Waals surface area contributed by atoms with Crippen molar-refractivity contribution in [2.45, 2.75) is 5.37 Å². The van der Waals surface area contributed by atoms with E-state index in [0.29, 0.717) is 17.3 Å². The van der Waals surface area contributed by atoms with E-state index in [-0.39, 0.29) is 11.3 Å². The minimum absolute atomic E-state index is 0.00208. The normalized spacial score (nSPS) is 19.9. The number of thioether (sulfide) groups is 1. The van der Waals surface area contributed by atoms with Crippen LogP contribution in [0.4, 0.5) is 0 Å². The van der Waals surface area contributed by atoms with E-state index in [1.807, 2.05) is 24.3 Å². The molecule has 2 nitrogen and oxygen atoms in total. The van der Waals surface area contributed by atoms with Gasteiger partial charge in [0.15, 0.2) is 0 Å². The number of rotatable bonds is 2. The van der Waals surface area contributed by atoms with Crippen LogP contribution in [0.2, 0.25) is 5.02 Å². The van der Waals surface area contributed by atoms with Gasteiger partial charge in [-0.15, -0.1) is 18.2 Å². The molecule has 4 heteroatoms. The second-order valence-electron chi connectivity index (χ2n) is 3.44. The van der Waals surface area contributed by atoms with Gasteiger partial charge in [0.25, 0.3) is 0 Å². The number of carbonyl (C=O) groups is 1. The number of hydrogen-bond acceptors (Lipinski definition) is 2. The minimum Gasteiger partial charge on any atom is -0.315 e. The number of nitrogens with zero attached hydrogens (tertiary/aromatic N) is 1. The van der Waals surface area contributed by atoms with Crippen molar-refractivity contribution >= 4 is 29.3 Å². The summed E-state index contributed by atoms with van der Waals surface area (Å²) < 4.78 is 0. The Morgan fingerprint density at radius 2 is 2.44 bits per heavy atom. The number of benzene rings is 1. The molecule has 1 unspecified atom stereocenters. The van der Waals surface area contributed by atoms with E-state index in [9.17, 15) is 4.79 Å². The molecule has 0 bridgehead atoms. The number of carbonyl (C=O) groups excluding carboxylic acids is 1. The molecule has 1 amide bonds. The lowest BCUT2D eigenvalue weighted by atomic mass is 10.2. The van der Waals surface area contributed by atoms with Crippen LogP contribution in [0, 0.1) is 12.3 Å². The quantitative estimate of drug-likeness (QED) is 0.753. The van der Waals surface area contributed by atoms with Gasteiger partial charge in [-0.05, 0) is 17.7 Å². The average Bonchev–Trinajstić information content (AvgIpc) is 2.61. The maximum atomic E-state index is 11.6. The highest BCUT2D eigenvalue weighted by atomic mass is 35.5. The first-order valence-electron chi connectivity index (χ1n) is 4.82. The van der Waals surface area contributed by atoms with E-state index in [4.69, 9.17) is 18.0 Å². The summed E-state index contributed by atoms with van der Waals surface area (Å²) in [5.74, 6) is 3.09. The Kier molecular flexibility index (Phi) is 3.42. The molecule has 1 aromatic carbocycles. The lowest BCUT2D eigenvalue weighted by molar-refractivity contribution is -0.127. The number of hydrogen-bond donors (Lipinski definition) is 0. The third kappa shape index (κ3) is 2.18. The summed E-state index contributed by atoms with van der Waals surface area (Å²) >= 11 is 7.51. The van der Waals surface area contributed by atoms with E-state index >= 15 is 0 Å². The highest BCUT2D eigenvalue weighted by molar-refractivity contribution is 8.00. The Hall–Kier alpha value is -1.11. The zero-order valence-electron chi connectivity index (χ0n) is 8.52. The van der Waals surface area contributed by atoms with Gasteiger partial charge in [0.1, 0.15) is 5.37 Å². The van der Waals surface area contributed by atoms with Crippen molar-refractivity contribution in [2.75, 3.05) is 12.3 Å². The highest BCUT2D eigenvalue weighted by Gasteiger charge is 2.31. The lowest BCUT2D eigenvalue weighted by Crippen LogP contribution is -2.28. The van der Waals surface area contributed by atoms with Gasteiger partial charge in [0.05, 0.1) is 12.3 Å². The summed E-state index contributed by atoms with van der Waals surface area (Å²) in [5, 5.41) is 0.681. The van der Waals surface area contributed by atoms with Crippen molar-refractivity contribution in [3.05, 3.63) is 34.9 Å². The van der Waals surface area contributed by atoms with Crippen LogP contribution in [0.15, 0.2) is 24.3 Å². The summed E-state index contributed by atoms with van der Waals surface area (Å²) in [5.41, 5.74) is 1.03. The fraction of sp³-hybridized carbons (Fsp3) is 0.250. The third-order valence-electron chi connectivity index (χ3n) is 2.36. The Balaban J connectivity index is 2.27. The van der Waals surface area contributed by atoms with E-state index in [0.717, 1.165) is 5.56 Å². The second-order valence-corrected chi connectivity index (χ2v) is 4.95. The van der Waals surface area contributed by atoms with E-state index < -0.39 is 0 Å². The lowest BCUT2D eigenvalue weighted by Gasteiger charge is -2.21. The first-order valence-corrected chi connectivity index (χ1v) is 6.25. The monoisotopic (exact) mass is 251 g/mol. The molecule has 0 aromatic heterocycles. The van der Waals surface area contributed by atoms with Crippen LogP contribution in [0.5, 0.6) is 0 Å². The summed E-state index contributed by atoms with van der Waals surface area (Å²) in [7, 11) is 0. The standard InChI is InChI=1S/C12H10ClNOS/c1-2-6-14-11(15)8-16-12(14)9-4-3-5-10(13)7-9/h1,3-5,7,12H,6,8H2. The van der Waals surface area contributed by atoms with Gasteiger partial charge in [0, 0.05) is 5.02 Å². The molecular weight excluding hydrogens is 242 g/mol. The molecule has 1 heterocycles. The molecule has 1 aliphatic heterocycles. The topological polar surface area (TPSA) is 20.3 Å². The van der Waals surface area contributed by atoms with Gasteiger partial charge in [-0.3, -0.25) is 4.79 Å². The first-order chi connectivity index (χ1) is 7.72. The van der Waals surface area contributed by atoms with Crippen molar-refractivity contribution in [3.8, 4) is 12.3 Å². The van der Waals surface area contributed by atoms with E-state index in [2.05, 4.69) is 5.92 Å². The Labute approximate surface area is 104 Å². The zero-order valence-corrected chi connectivity index (χ0v) is 10.1. The Bertz CT molecular complexity index is 455. The van der Waals surface area contributed by atoms with Crippen LogP contribution in [0.3, 0.4) is 0 Å².